The van der Waals surface area contributed by atoms with E-state index in [1.54, 1.807) is 27.8 Å². The minimum Gasteiger partial charge on any atom is -0.321 e. The van der Waals surface area contributed by atoms with Crippen molar-refractivity contribution in [2.45, 2.75) is 31.6 Å². The van der Waals surface area contributed by atoms with Crippen molar-refractivity contribution in [2.75, 3.05) is 16.8 Å². The van der Waals surface area contributed by atoms with Crippen LogP contribution in [-0.4, -0.2) is 28.1 Å². The smallest absolute Gasteiger partial charge is 0.274 e. The first-order valence-electron chi connectivity index (χ1n) is 10.2. The first-order chi connectivity index (χ1) is 14.6. The summed E-state index contributed by atoms with van der Waals surface area (Å²) < 4.78 is 1.70. The molecule has 0 unspecified atom stereocenters. The van der Waals surface area contributed by atoms with E-state index in [0.29, 0.717) is 41.0 Å². The van der Waals surface area contributed by atoms with E-state index in [9.17, 15) is 9.59 Å². The molecule has 2 amide bonds. The summed E-state index contributed by atoms with van der Waals surface area (Å²) in [6.45, 7) is 0.671. The maximum absolute atomic E-state index is 13.1. The number of carbonyl (C=O) groups excluding carboxylic acids is 2. The van der Waals surface area contributed by atoms with Gasteiger partial charge in [-0.25, -0.2) is 4.68 Å². The van der Waals surface area contributed by atoms with Gasteiger partial charge in [-0.1, -0.05) is 29.8 Å². The Labute approximate surface area is 179 Å². The number of benzene rings is 2. The number of halogens is 1. The molecule has 1 aliphatic carbocycles. The van der Waals surface area contributed by atoms with Crippen LogP contribution < -0.4 is 10.2 Å². The molecule has 0 atom stereocenters. The van der Waals surface area contributed by atoms with E-state index in [1.165, 1.54) is 0 Å². The highest BCUT2D eigenvalue weighted by Crippen LogP contribution is 2.40. The second-order valence-electron chi connectivity index (χ2n) is 7.75. The van der Waals surface area contributed by atoms with Crippen LogP contribution in [0.4, 0.5) is 11.4 Å². The second kappa shape index (κ2) is 7.61. The summed E-state index contributed by atoms with van der Waals surface area (Å²) in [6, 6.07) is 16.8. The zero-order valence-electron chi connectivity index (χ0n) is 16.3. The molecule has 3 aromatic rings. The van der Waals surface area contributed by atoms with E-state index in [0.717, 1.165) is 30.6 Å². The summed E-state index contributed by atoms with van der Waals surface area (Å²) in [6.07, 6.45) is 3.60. The molecule has 1 saturated carbocycles. The number of nitrogens with zero attached hydrogens (tertiary/aromatic N) is 3. The second-order valence-corrected chi connectivity index (χ2v) is 8.15. The van der Waals surface area contributed by atoms with Crippen LogP contribution in [-0.2, 0) is 4.79 Å². The van der Waals surface area contributed by atoms with Crippen LogP contribution in [0.1, 0.15) is 47.8 Å². The van der Waals surface area contributed by atoms with E-state index >= 15 is 0 Å². The summed E-state index contributed by atoms with van der Waals surface area (Å²) in [5.41, 5.74) is 3.54. The quantitative estimate of drug-likeness (QED) is 0.645. The van der Waals surface area contributed by atoms with Gasteiger partial charge in [0.2, 0.25) is 5.91 Å². The molecule has 2 aliphatic rings. The number of para-hydroxylation sites is 1. The van der Waals surface area contributed by atoms with Gasteiger partial charge in [-0.05, 0) is 55.7 Å². The van der Waals surface area contributed by atoms with Crippen LogP contribution in [0.5, 0.6) is 0 Å². The molecule has 2 aromatic carbocycles. The number of rotatable bonds is 5. The SMILES string of the molecule is O=C(Nc1ccc(N2CCCC2=O)c(Cl)c1)c1cc(C2CC2)nn1-c1ccccc1. The molecule has 1 saturated heterocycles. The van der Waals surface area contributed by atoms with Crippen molar-refractivity contribution in [1.82, 2.24) is 9.78 Å². The van der Waals surface area contributed by atoms with Gasteiger partial charge in [0, 0.05) is 24.6 Å². The average molecular weight is 421 g/mol. The lowest BCUT2D eigenvalue weighted by Gasteiger charge is -2.18. The van der Waals surface area contributed by atoms with Crippen molar-refractivity contribution in [3.8, 4) is 5.69 Å². The summed E-state index contributed by atoms with van der Waals surface area (Å²) in [5.74, 6) is 0.264. The fraction of sp³-hybridized carbons (Fsp3) is 0.261. The van der Waals surface area contributed by atoms with Gasteiger partial charge in [-0.3, -0.25) is 9.59 Å². The fourth-order valence-corrected chi connectivity index (χ4v) is 4.09. The number of nitrogens with one attached hydrogen (secondary N) is 1. The third kappa shape index (κ3) is 3.59. The van der Waals surface area contributed by atoms with Gasteiger partial charge < -0.3 is 10.2 Å². The maximum atomic E-state index is 13.1. The molecular weight excluding hydrogens is 400 g/mol. The van der Waals surface area contributed by atoms with E-state index in [4.69, 9.17) is 11.6 Å². The first-order valence-corrected chi connectivity index (χ1v) is 10.5. The van der Waals surface area contributed by atoms with Crippen molar-refractivity contribution >= 4 is 34.8 Å². The Morgan fingerprint density at radius 2 is 1.90 bits per heavy atom. The van der Waals surface area contributed by atoms with Gasteiger partial charge in [-0.2, -0.15) is 5.10 Å². The van der Waals surface area contributed by atoms with E-state index in [1.807, 2.05) is 36.4 Å². The lowest BCUT2D eigenvalue weighted by molar-refractivity contribution is -0.117. The third-order valence-electron chi connectivity index (χ3n) is 5.53. The largest absolute Gasteiger partial charge is 0.321 e. The van der Waals surface area contributed by atoms with E-state index < -0.39 is 0 Å². The van der Waals surface area contributed by atoms with Gasteiger partial charge in [0.25, 0.3) is 5.91 Å². The van der Waals surface area contributed by atoms with Crippen molar-refractivity contribution in [1.29, 1.82) is 0 Å². The Morgan fingerprint density at radius 3 is 2.57 bits per heavy atom. The molecule has 1 aromatic heterocycles. The van der Waals surface area contributed by atoms with Crippen LogP contribution >= 0.6 is 11.6 Å². The zero-order valence-corrected chi connectivity index (χ0v) is 17.1. The molecule has 0 bridgehead atoms. The molecule has 0 spiro atoms. The lowest BCUT2D eigenvalue weighted by Crippen LogP contribution is -2.24. The Bertz CT molecular complexity index is 1120. The maximum Gasteiger partial charge on any atom is 0.274 e. The van der Waals surface area contributed by atoms with Crippen molar-refractivity contribution in [3.63, 3.8) is 0 Å². The molecular formula is C23H21ClN4O2. The Hall–Kier alpha value is -3.12. The Kier molecular flexibility index (Phi) is 4.79. The van der Waals surface area contributed by atoms with Crippen molar-refractivity contribution < 1.29 is 9.59 Å². The van der Waals surface area contributed by atoms with Gasteiger partial charge in [0.05, 0.1) is 22.1 Å². The number of amides is 2. The highest BCUT2D eigenvalue weighted by Gasteiger charge is 2.29. The monoisotopic (exact) mass is 420 g/mol. The van der Waals surface area contributed by atoms with E-state index in [-0.39, 0.29) is 11.8 Å². The van der Waals surface area contributed by atoms with Gasteiger partial charge in [0.1, 0.15) is 5.69 Å². The summed E-state index contributed by atoms with van der Waals surface area (Å²) >= 11 is 6.42. The average Bonchev–Trinajstić information content (AvgIpc) is 3.36. The van der Waals surface area contributed by atoms with Gasteiger partial charge in [0.15, 0.2) is 0 Å². The van der Waals surface area contributed by atoms with Crippen LogP contribution in [0.25, 0.3) is 5.69 Å². The topological polar surface area (TPSA) is 67.2 Å². The molecule has 1 aliphatic heterocycles. The predicted molar refractivity (Wildman–Crippen MR) is 117 cm³/mol. The number of aromatic nitrogens is 2. The summed E-state index contributed by atoms with van der Waals surface area (Å²) in [7, 11) is 0. The van der Waals surface area contributed by atoms with Crippen LogP contribution in [0.2, 0.25) is 5.02 Å². The molecule has 2 heterocycles. The highest BCUT2D eigenvalue weighted by molar-refractivity contribution is 6.34. The highest BCUT2D eigenvalue weighted by atomic mass is 35.5. The van der Waals surface area contributed by atoms with Crippen LogP contribution in [0.15, 0.2) is 54.6 Å². The number of hydrogen-bond donors (Lipinski definition) is 1. The first kappa shape index (κ1) is 18.9. The number of hydrogen-bond acceptors (Lipinski definition) is 3. The van der Waals surface area contributed by atoms with Gasteiger partial charge >= 0.3 is 0 Å². The summed E-state index contributed by atoms with van der Waals surface area (Å²) in [5, 5.41) is 8.05. The summed E-state index contributed by atoms with van der Waals surface area (Å²) in [4.78, 5) is 26.8. The van der Waals surface area contributed by atoms with Crippen molar-refractivity contribution in [3.05, 3.63) is 71.0 Å². The Morgan fingerprint density at radius 1 is 1.10 bits per heavy atom. The standard InChI is InChI=1S/C23H21ClN4O2/c24-18-13-16(10-11-20(18)27-12-4-7-22(27)29)25-23(30)21-14-19(15-8-9-15)26-28(21)17-5-2-1-3-6-17/h1-3,5-6,10-11,13-15H,4,7-9,12H2,(H,25,30). The third-order valence-corrected chi connectivity index (χ3v) is 5.83. The molecule has 6 nitrogen and oxygen atoms in total. The minimum absolute atomic E-state index is 0.0769. The fourth-order valence-electron chi connectivity index (χ4n) is 3.81. The molecule has 2 fully saturated rings. The molecule has 152 valence electrons. The zero-order chi connectivity index (χ0) is 20.7. The number of anilines is 2. The van der Waals surface area contributed by atoms with E-state index in [2.05, 4.69) is 10.4 Å². The van der Waals surface area contributed by atoms with Crippen LogP contribution in [0, 0.1) is 0 Å². The van der Waals surface area contributed by atoms with Crippen molar-refractivity contribution in [2.24, 2.45) is 0 Å². The van der Waals surface area contributed by atoms with Gasteiger partial charge in [-0.15, -0.1) is 0 Å². The molecule has 30 heavy (non-hydrogen) atoms. The lowest BCUT2D eigenvalue weighted by atomic mass is 10.2. The minimum atomic E-state index is -0.251. The van der Waals surface area contributed by atoms with Crippen LogP contribution in [0.3, 0.4) is 0 Å². The number of carbonyl (C=O) groups is 2. The molecule has 1 N–H and O–H groups in total. The Balaban J connectivity index is 1.42. The molecule has 0 radical (unpaired) electrons. The molecule has 7 heteroatoms. The molecule has 5 rings (SSSR count). The normalized spacial score (nSPS) is 16.2. The predicted octanol–water partition coefficient (Wildman–Crippen LogP) is 4.78.